The van der Waals surface area contributed by atoms with Crippen LogP contribution < -0.4 is 0 Å². The molecule has 10 aromatic carbocycles. The Hall–Kier alpha value is -6.83. The molecule has 0 fully saturated rings. The molecular formula is C51H31N. The first kappa shape index (κ1) is 29.0. The first-order chi connectivity index (χ1) is 25.8. The van der Waals surface area contributed by atoms with Gasteiger partial charge >= 0.3 is 0 Å². The summed E-state index contributed by atoms with van der Waals surface area (Å²) < 4.78 is 0. The first-order valence-corrected chi connectivity index (χ1v) is 18.0. The Balaban J connectivity index is 1.21. The zero-order valence-electron chi connectivity index (χ0n) is 28.3. The topological polar surface area (TPSA) is 12.9 Å². The fraction of sp³-hybridized carbons (Fsp3) is 0. The molecule has 0 amide bonds. The average Bonchev–Trinajstić information content (AvgIpc) is 3.22. The number of nitrogens with zero attached hydrogens (tertiary/aromatic N) is 1. The van der Waals surface area contributed by atoms with Crippen molar-refractivity contribution in [2.24, 2.45) is 0 Å². The second-order valence-corrected chi connectivity index (χ2v) is 13.8. The standard InChI is InChI=1S/C51H31N/c1-2-15-34(16-3-1)50-49-38-28-27-36(31-35(38)26-29-45(49)46-30-25-33-14-5-7-19-39(33)51(46)52-50)47-41-20-8-10-22-43(41)48(44-23-11-9-21-42(44)47)40-24-12-17-32-13-4-6-18-37(32)40/h1-31H. The normalized spacial score (nSPS) is 11.8. The van der Waals surface area contributed by atoms with E-state index in [1.807, 2.05) is 0 Å². The smallest absolute Gasteiger partial charge is 0.0794 e. The van der Waals surface area contributed by atoms with Crippen molar-refractivity contribution in [2.75, 3.05) is 0 Å². The number of hydrogen-bond donors (Lipinski definition) is 0. The average molecular weight is 658 g/mol. The third kappa shape index (κ3) is 4.26. The number of benzene rings is 10. The van der Waals surface area contributed by atoms with Gasteiger partial charge in [-0.3, -0.25) is 0 Å². The minimum absolute atomic E-state index is 1.02. The molecule has 52 heavy (non-hydrogen) atoms. The third-order valence-corrected chi connectivity index (χ3v) is 11.0. The molecule has 1 heteroatoms. The highest BCUT2D eigenvalue weighted by Gasteiger charge is 2.20. The second kappa shape index (κ2) is 11.3. The summed E-state index contributed by atoms with van der Waals surface area (Å²) in [7, 11) is 0. The summed E-state index contributed by atoms with van der Waals surface area (Å²) in [4.78, 5) is 5.47. The molecule has 240 valence electrons. The molecule has 0 unspecified atom stereocenters. The number of aromatic nitrogens is 1. The van der Waals surface area contributed by atoms with Gasteiger partial charge in [0.05, 0.1) is 11.2 Å². The van der Waals surface area contributed by atoms with Gasteiger partial charge in [0.15, 0.2) is 0 Å². The van der Waals surface area contributed by atoms with Gasteiger partial charge in [0.25, 0.3) is 0 Å². The molecule has 0 aliphatic rings. The summed E-state index contributed by atoms with van der Waals surface area (Å²) in [6, 6.07) is 68.7. The first-order valence-electron chi connectivity index (χ1n) is 18.0. The fourth-order valence-corrected chi connectivity index (χ4v) is 8.70. The predicted molar refractivity (Wildman–Crippen MR) is 223 cm³/mol. The monoisotopic (exact) mass is 657 g/mol. The van der Waals surface area contributed by atoms with Gasteiger partial charge in [-0.1, -0.05) is 182 Å². The van der Waals surface area contributed by atoms with E-state index < -0.39 is 0 Å². The quantitative estimate of drug-likeness (QED) is 0.136. The Labute approximate surface area is 301 Å². The molecule has 1 nitrogen and oxygen atoms in total. The molecule has 1 heterocycles. The van der Waals surface area contributed by atoms with Gasteiger partial charge in [0.1, 0.15) is 0 Å². The summed E-state index contributed by atoms with van der Waals surface area (Å²) in [5.74, 6) is 0. The highest BCUT2D eigenvalue weighted by Crippen LogP contribution is 2.46. The molecule has 0 N–H and O–H groups in total. The zero-order chi connectivity index (χ0) is 34.2. The van der Waals surface area contributed by atoms with E-state index in [0.717, 1.165) is 16.8 Å². The van der Waals surface area contributed by atoms with Gasteiger partial charge in [0, 0.05) is 21.7 Å². The van der Waals surface area contributed by atoms with E-state index in [-0.39, 0.29) is 0 Å². The zero-order valence-corrected chi connectivity index (χ0v) is 28.3. The molecule has 11 aromatic rings. The second-order valence-electron chi connectivity index (χ2n) is 13.8. The van der Waals surface area contributed by atoms with Gasteiger partial charge in [-0.15, -0.1) is 0 Å². The molecule has 0 spiro atoms. The van der Waals surface area contributed by atoms with Crippen molar-refractivity contribution in [2.45, 2.75) is 0 Å². The van der Waals surface area contributed by atoms with Crippen molar-refractivity contribution >= 4 is 75.5 Å². The van der Waals surface area contributed by atoms with Crippen LogP contribution in [0.15, 0.2) is 188 Å². The predicted octanol–water partition coefficient (Wildman–Crippen LogP) is 14.2. The molecule has 0 aliphatic heterocycles. The maximum Gasteiger partial charge on any atom is 0.0794 e. The van der Waals surface area contributed by atoms with E-state index in [1.54, 1.807) is 0 Å². The summed E-state index contributed by atoms with van der Waals surface area (Å²) >= 11 is 0. The molecule has 0 aliphatic carbocycles. The van der Waals surface area contributed by atoms with Gasteiger partial charge in [0.2, 0.25) is 0 Å². The Morgan fingerprint density at radius 1 is 0.288 bits per heavy atom. The number of rotatable bonds is 3. The summed E-state index contributed by atoms with van der Waals surface area (Å²) in [6.07, 6.45) is 0. The maximum atomic E-state index is 5.47. The molecule has 0 bridgehead atoms. The van der Waals surface area contributed by atoms with Crippen LogP contribution in [-0.2, 0) is 0 Å². The molecule has 1 aromatic heterocycles. The van der Waals surface area contributed by atoms with Gasteiger partial charge < -0.3 is 0 Å². The van der Waals surface area contributed by atoms with Crippen LogP contribution in [0, 0.1) is 0 Å². The Bertz CT molecular complexity index is 3170. The van der Waals surface area contributed by atoms with Crippen LogP contribution in [0.4, 0.5) is 0 Å². The number of fused-ring (bicyclic) bond motifs is 10. The van der Waals surface area contributed by atoms with Crippen LogP contribution >= 0.6 is 0 Å². The van der Waals surface area contributed by atoms with Crippen LogP contribution in [0.25, 0.3) is 109 Å². The lowest BCUT2D eigenvalue weighted by atomic mass is 9.84. The van der Waals surface area contributed by atoms with E-state index in [9.17, 15) is 0 Å². The van der Waals surface area contributed by atoms with Gasteiger partial charge in [-0.2, -0.15) is 0 Å². The Morgan fingerprint density at radius 2 is 0.827 bits per heavy atom. The molecule has 11 rings (SSSR count). The lowest BCUT2D eigenvalue weighted by Gasteiger charge is -2.19. The minimum atomic E-state index is 1.02. The Kier molecular flexibility index (Phi) is 6.32. The van der Waals surface area contributed by atoms with Crippen molar-refractivity contribution in [1.29, 1.82) is 0 Å². The highest BCUT2D eigenvalue weighted by molar-refractivity contribution is 6.26. The van der Waals surface area contributed by atoms with Crippen LogP contribution in [0.3, 0.4) is 0 Å². The van der Waals surface area contributed by atoms with Crippen molar-refractivity contribution in [3.63, 3.8) is 0 Å². The summed E-state index contributed by atoms with van der Waals surface area (Å²) in [5, 5.41) is 16.0. The molecule has 0 saturated carbocycles. The fourth-order valence-electron chi connectivity index (χ4n) is 8.70. The molecule has 0 atom stereocenters. The maximum absolute atomic E-state index is 5.47. The molecule has 0 radical (unpaired) electrons. The van der Waals surface area contributed by atoms with Crippen molar-refractivity contribution < 1.29 is 0 Å². The van der Waals surface area contributed by atoms with Crippen molar-refractivity contribution in [3.8, 4) is 33.5 Å². The highest BCUT2D eigenvalue weighted by atomic mass is 14.7. The van der Waals surface area contributed by atoms with Gasteiger partial charge in [-0.25, -0.2) is 4.98 Å². The summed E-state index contributed by atoms with van der Waals surface area (Å²) in [5.41, 5.74) is 8.23. The lowest BCUT2D eigenvalue weighted by molar-refractivity contribution is 1.44. The lowest BCUT2D eigenvalue weighted by Crippen LogP contribution is -1.93. The Morgan fingerprint density at radius 3 is 1.56 bits per heavy atom. The van der Waals surface area contributed by atoms with E-state index >= 15 is 0 Å². The molecule has 0 saturated heterocycles. The SMILES string of the molecule is c1ccc(-c2nc3c4ccccc4ccc3c3ccc4cc(-c5c6ccccc6c(-c6cccc7ccccc67)c6ccccc56)ccc4c23)cc1. The van der Waals surface area contributed by atoms with E-state index in [2.05, 4.69) is 188 Å². The number of pyridine rings is 1. The van der Waals surface area contributed by atoms with E-state index in [1.165, 1.54) is 92.3 Å². The van der Waals surface area contributed by atoms with Crippen molar-refractivity contribution in [1.82, 2.24) is 4.98 Å². The summed E-state index contributed by atoms with van der Waals surface area (Å²) in [6.45, 7) is 0. The third-order valence-electron chi connectivity index (χ3n) is 11.0. The van der Waals surface area contributed by atoms with Crippen LogP contribution in [0.5, 0.6) is 0 Å². The van der Waals surface area contributed by atoms with E-state index in [0.29, 0.717) is 0 Å². The number of hydrogen-bond acceptors (Lipinski definition) is 1. The van der Waals surface area contributed by atoms with Crippen molar-refractivity contribution in [3.05, 3.63) is 188 Å². The minimum Gasteiger partial charge on any atom is -0.246 e. The van der Waals surface area contributed by atoms with Gasteiger partial charge in [-0.05, 0) is 82.2 Å². The van der Waals surface area contributed by atoms with Crippen LogP contribution in [0.2, 0.25) is 0 Å². The van der Waals surface area contributed by atoms with Crippen LogP contribution in [0.1, 0.15) is 0 Å². The molecular weight excluding hydrogens is 627 g/mol. The van der Waals surface area contributed by atoms with Crippen LogP contribution in [-0.4, -0.2) is 4.98 Å². The van der Waals surface area contributed by atoms with E-state index in [4.69, 9.17) is 4.98 Å². The largest absolute Gasteiger partial charge is 0.246 e.